The maximum absolute atomic E-state index is 12.0. The summed E-state index contributed by atoms with van der Waals surface area (Å²) in [4.78, 5) is 23.3. The van der Waals surface area contributed by atoms with Gasteiger partial charge in [0.15, 0.2) is 0 Å². The Labute approximate surface area is 138 Å². The summed E-state index contributed by atoms with van der Waals surface area (Å²) >= 11 is 0. The van der Waals surface area contributed by atoms with Gasteiger partial charge in [0, 0.05) is 12.5 Å². The number of carboxylic acids is 1. The van der Waals surface area contributed by atoms with E-state index in [1.165, 1.54) is 0 Å². The zero-order chi connectivity index (χ0) is 17.2. The molecule has 0 saturated heterocycles. The molecule has 3 N–H and O–H groups in total. The Hall–Kier alpha value is -2.04. The van der Waals surface area contributed by atoms with E-state index in [-0.39, 0.29) is 12.5 Å². The molecule has 0 aliphatic rings. The molecule has 1 rings (SSSR count). The van der Waals surface area contributed by atoms with Crippen molar-refractivity contribution in [1.29, 1.82) is 0 Å². The SMILES string of the molecule is CC(C)CCC[C@@H](C)NC(=O)N[C@@H](Cc1ccccc1)C(=O)O. The molecule has 0 aliphatic heterocycles. The lowest BCUT2D eigenvalue weighted by Crippen LogP contribution is -2.49. The number of carboxylic acid groups (broad SMARTS) is 1. The fourth-order valence-electron chi connectivity index (χ4n) is 2.38. The van der Waals surface area contributed by atoms with E-state index in [0.717, 1.165) is 24.8 Å². The van der Waals surface area contributed by atoms with E-state index >= 15 is 0 Å². The van der Waals surface area contributed by atoms with Gasteiger partial charge in [-0.15, -0.1) is 0 Å². The highest BCUT2D eigenvalue weighted by molar-refractivity contribution is 5.82. The smallest absolute Gasteiger partial charge is 0.326 e. The van der Waals surface area contributed by atoms with Gasteiger partial charge in [0.25, 0.3) is 0 Å². The van der Waals surface area contributed by atoms with Gasteiger partial charge in [0.05, 0.1) is 0 Å². The van der Waals surface area contributed by atoms with Crippen molar-refractivity contribution >= 4 is 12.0 Å². The first-order valence-corrected chi connectivity index (χ1v) is 8.22. The number of hydrogen-bond acceptors (Lipinski definition) is 2. The highest BCUT2D eigenvalue weighted by Gasteiger charge is 2.20. The van der Waals surface area contributed by atoms with Gasteiger partial charge in [-0.2, -0.15) is 0 Å². The average molecular weight is 320 g/mol. The van der Waals surface area contributed by atoms with E-state index in [4.69, 9.17) is 0 Å². The Morgan fingerprint density at radius 3 is 2.26 bits per heavy atom. The van der Waals surface area contributed by atoms with Crippen LogP contribution in [0.15, 0.2) is 30.3 Å². The van der Waals surface area contributed by atoms with Crippen LogP contribution >= 0.6 is 0 Å². The van der Waals surface area contributed by atoms with Crippen molar-refractivity contribution < 1.29 is 14.7 Å². The molecule has 1 aromatic rings. The fourth-order valence-corrected chi connectivity index (χ4v) is 2.38. The first kappa shape index (κ1) is 19.0. The van der Waals surface area contributed by atoms with Crippen LogP contribution in [-0.2, 0) is 11.2 Å². The Kier molecular flexibility index (Phi) is 8.16. The van der Waals surface area contributed by atoms with Crippen LogP contribution in [0.25, 0.3) is 0 Å². The Morgan fingerprint density at radius 1 is 1.04 bits per heavy atom. The molecule has 5 nitrogen and oxygen atoms in total. The second kappa shape index (κ2) is 9.87. The van der Waals surface area contributed by atoms with E-state index in [2.05, 4.69) is 24.5 Å². The number of aliphatic carboxylic acids is 1. The number of rotatable bonds is 9. The molecule has 23 heavy (non-hydrogen) atoms. The molecule has 128 valence electrons. The monoisotopic (exact) mass is 320 g/mol. The second-order valence-electron chi connectivity index (χ2n) is 6.42. The standard InChI is InChI=1S/C18H28N2O3/c1-13(2)8-7-9-14(3)19-18(23)20-16(17(21)22)12-15-10-5-4-6-11-15/h4-6,10-11,13-14,16H,7-9,12H2,1-3H3,(H,21,22)(H2,19,20,23)/t14-,16+/m1/s1. The van der Waals surface area contributed by atoms with Gasteiger partial charge in [0.2, 0.25) is 0 Å². The quantitative estimate of drug-likeness (QED) is 0.654. The third kappa shape index (κ3) is 8.24. The van der Waals surface area contributed by atoms with Crippen LogP contribution in [0.5, 0.6) is 0 Å². The lowest BCUT2D eigenvalue weighted by Gasteiger charge is -2.19. The van der Waals surface area contributed by atoms with Gasteiger partial charge in [-0.3, -0.25) is 0 Å². The van der Waals surface area contributed by atoms with E-state index in [9.17, 15) is 14.7 Å². The Balaban J connectivity index is 2.43. The summed E-state index contributed by atoms with van der Waals surface area (Å²) in [7, 11) is 0. The van der Waals surface area contributed by atoms with Crippen molar-refractivity contribution in [3.8, 4) is 0 Å². The molecule has 5 heteroatoms. The molecular weight excluding hydrogens is 292 g/mol. The van der Waals surface area contributed by atoms with Crippen LogP contribution in [0.3, 0.4) is 0 Å². The van der Waals surface area contributed by atoms with Gasteiger partial charge < -0.3 is 15.7 Å². The summed E-state index contributed by atoms with van der Waals surface area (Å²) < 4.78 is 0. The summed E-state index contributed by atoms with van der Waals surface area (Å²) in [6, 6.07) is 7.95. The van der Waals surface area contributed by atoms with Crippen molar-refractivity contribution in [3.63, 3.8) is 0 Å². The minimum atomic E-state index is -1.03. The number of hydrogen-bond donors (Lipinski definition) is 3. The van der Waals surface area contributed by atoms with Crippen molar-refractivity contribution in [2.75, 3.05) is 0 Å². The summed E-state index contributed by atoms with van der Waals surface area (Å²) in [6.45, 7) is 6.28. The van der Waals surface area contributed by atoms with E-state index in [1.807, 2.05) is 37.3 Å². The molecule has 0 bridgehead atoms. The summed E-state index contributed by atoms with van der Waals surface area (Å²) in [6.07, 6.45) is 3.33. The maximum atomic E-state index is 12.0. The zero-order valence-corrected chi connectivity index (χ0v) is 14.2. The molecule has 0 fully saturated rings. The lowest BCUT2D eigenvalue weighted by molar-refractivity contribution is -0.139. The number of amides is 2. The number of urea groups is 1. The first-order valence-electron chi connectivity index (χ1n) is 8.22. The predicted octanol–water partition coefficient (Wildman–Crippen LogP) is 3.20. The molecule has 2 amide bonds. The predicted molar refractivity (Wildman–Crippen MR) is 91.4 cm³/mol. The van der Waals surface area contributed by atoms with E-state index in [1.54, 1.807) is 0 Å². The summed E-state index contributed by atoms with van der Waals surface area (Å²) in [5.41, 5.74) is 0.880. The van der Waals surface area contributed by atoms with Crippen LogP contribution < -0.4 is 10.6 Å². The second-order valence-corrected chi connectivity index (χ2v) is 6.42. The fraction of sp³-hybridized carbons (Fsp3) is 0.556. The number of nitrogens with one attached hydrogen (secondary N) is 2. The van der Waals surface area contributed by atoms with E-state index < -0.39 is 18.0 Å². The molecular formula is C18H28N2O3. The van der Waals surface area contributed by atoms with Crippen LogP contribution in [0.2, 0.25) is 0 Å². The largest absolute Gasteiger partial charge is 0.480 e. The van der Waals surface area contributed by atoms with Crippen LogP contribution in [-0.4, -0.2) is 29.2 Å². The molecule has 2 atom stereocenters. The highest BCUT2D eigenvalue weighted by atomic mass is 16.4. The molecule has 0 spiro atoms. The van der Waals surface area contributed by atoms with E-state index in [0.29, 0.717) is 5.92 Å². The molecule has 0 aliphatic carbocycles. The Bertz CT molecular complexity index is 488. The van der Waals surface area contributed by atoms with Gasteiger partial charge >= 0.3 is 12.0 Å². The molecule has 0 saturated carbocycles. The van der Waals surface area contributed by atoms with Crippen LogP contribution in [0, 0.1) is 5.92 Å². The Morgan fingerprint density at radius 2 is 1.70 bits per heavy atom. The minimum Gasteiger partial charge on any atom is -0.480 e. The number of benzene rings is 1. The normalized spacial score (nSPS) is 13.4. The topological polar surface area (TPSA) is 78.4 Å². The zero-order valence-electron chi connectivity index (χ0n) is 14.2. The van der Waals surface area contributed by atoms with Gasteiger partial charge in [0.1, 0.15) is 6.04 Å². The van der Waals surface area contributed by atoms with Crippen molar-refractivity contribution in [2.24, 2.45) is 5.92 Å². The lowest BCUT2D eigenvalue weighted by atomic mass is 10.0. The summed E-state index contributed by atoms with van der Waals surface area (Å²) in [5, 5.41) is 14.6. The third-order valence-corrected chi connectivity index (χ3v) is 3.68. The maximum Gasteiger partial charge on any atom is 0.326 e. The van der Waals surface area contributed by atoms with Crippen LogP contribution in [0.1, 0.15) is 45.6 Å². The number of carbonyl (C=O) groups excluding carboxylic acids is 1. The summed E-state index contributed by atoms with van der Waals surface area (Å²) in [5.74, 6) is -0.380. The van der Waals surface area contributed by atoms with Gasteiger partial charge in [-0.25, -0.2) is 9.59 Å². The van der Waals surface area contributed by atoms with Crippen molar-refractivity contribution in [2.45, 2.75) is 58.5 Å². The van der Waals surface area contributed by atoms with Crippen LogP contribution in [0.4, 0.5) is 4.79 Å². The van der Waals surface area contributed by atoms with Crippen molar-refractivity contribution in [1.82, 2.24) is 10.6 Å². The molecule has 0 unspecified atom stereocenters. The van der Waals surface area contributed by atoms with Gasteiger partial charge in [-0.05, 0) is 24.8 Å². The average Bonchev–Trinajstić information content (AvgIpc) is 2.47. The van der Waals surface area contributed by atoms with Crippen molar-refractivity contribution in [3.05, 3.63) is 35.9 Å². The molecule has 1 aromatic carbocycles. The number of carbonyl (C=O) groups is 2. The minimum absolute atomic E-state index is 0.0277. The first-order chi connectivity index (χ1) is 10.9. The highest BCUT2D eigenvalue weighted by Crippen LogP contribution is 2.08. The molecule has 0 aromatic heterocycles. The molecule has 0 radical (unpaired) electrons. The third-order valence-electron chi connectivity index (χ3n) is 3.68. The van der Waals surface area contributed by atoms with Gasteiger partial charge in [-0.1, -0.05) is 57.0 Å². The molecule has 0 heterocycles.